The summed E-state index contributed by atoms with van der Waals surface area (Å²) >= 11 is 0. The largest absolute Gasteiger partial charge is 0.348 e. The predicted molar refractivity (Wildman–Crippen MR) is 106 cm³/mol. The smallest absolute Gasteiger partial charge is 0.251 e. The van der Waals surface area contributed by atoms with E-state index in [0.717, 1.165) is 12.0 Å². The highest BCUT2D eigenvalue weighted by Crippen LogP contribution is 2.14. The molecular formula is C21H25N3O3. The van der Waals surface area contributed by atoms with Crippen LogP contribution < -0.4 is 16.0 Å². The van der Waals surface area contributed by atoms with Crippen LogP contribution in [0, 0.1) is 5.92 Å². The molecule has 0 fully saturated rings. The lowest BCUT2D eigenvalue weighted by molar-refractivity contribution is -0.119. The van der Waals surface area contributed by atoms with Gasteiger partial charge in [0.2, 0.25) is 11.8 Å². The van der Waals surface area contributed by atoms with Gasteiger partial charge in [-0.1, -0.05) is 26.0 Å². The lowest BCUT2D eigenvalue weighted by Gasteiger charge is -2.11. The van der Waals surface area contributed by atoms with Crippen molar-refractivity contribution < 1.29 is 14.4 Å². The number of benzene rings is 2. The molecule has 6 nitrogen and oxygen atoms in total. The van der Waals surface area contributed by atoms with E-state index in [1.54, 1.807) is 24.3 Å². The Morgan fingerprint density at radius 1 is 0.963 bits per heavy atom. The molecule has 0 aliphatic carbocycles. The van der Waals surface area contributed by atoms with Crippen LogP contribution in [0.2, 0.25) is 0 Å². The van der Waals surface area contributed by atoms with Crippen LogP contribution in [0.5, 0.6) is 0 Å². The van der Waals surface area contributed by atoms with E-state index in [4.69, 9.17) is 0 Å². The zero-order chi connectivity index (χ0) is 19.8. The Bertz CT molecular complexity index is 816. The minimum absolute atomic E-state index is 0.0158. The molecule has 0 heterocycles. The average Bonchev–Trinajstić information content (AvgIpc) is 2.65. The molecule has 6 heteroatoms. The Hall–Kier alpha value is -3.15. The van der Waals surface area contributed by atoms with E-state index in [9.17, 15) is 14.4 Å². The topological polar surface area (TPSA) is 87.3 Å². The molecule has 0 spiro atoms. The molecule has 0 aromatic heterocycles. The number of hydrogen-bond donors (Lipinski definition) is 3. The number of hydrogen-bond acceptors (Lipinski definition) is 3. The van der Waals surface area contributed by atoms with Crippen molar-refractivity contribution in [3.05, 3.63) is 59.7 Å². The van der Waals surface area contributed by atoms with Gasteiger partial charge in [-0.15, -0.1) is 0 Å². The minimum atomic E-state index is -0.210. The van der Waals surface area contributed by atoms with Gasteiger partial charge < -0.3 is 16.0 Å². The summed E-state index contributed by atoms with van der Waals surface area (Å²) in [6.07, 6.45) is 0.780. The summed E-state index contributed by atoms with van der Waals surface area (Å²) in [7, 11) is 0. The molecule has 1 unspecified atom stereocenters. The molecule has 0 saturated carbocycles. The van der Waals surface area contributed by atoms with Crippen molar-refractivity contribution in [3.63, 3.8) is 0 Å². The number of carbonyl (C=O) groups excluding carboxylic acids is 3. The average molecular weight is 367 g/mol. The SMILES string of the molecule is CCC(C)C(=O)Nc1cccc(CNC(=O)c2ccc(NC(C)=O)cc2)c1. The molecule has 2 aromatic rings. The minimum Gasteiger partial charge on any atom is -0.348 e. The molecule has 2 aromatic carbocycles. The molecule has 27 heavy (non-hydrogen) atoms. The highest BCUT2D eigenvalue weighted by Gasteiger charge is 2.11. The monoisotopic (exact) mass is 367 g/mol. The van der Waals surface area contributed by atoms with Gasteiger partial charge in [-0.2, -0.15) is 0 Å². The zero-order valence-corrected chi connectivity index (χ0v) is 15.8. The predicted octanol–water partition coefficient (Wildman–Crippen LogP) is 3.56. The quantitative estimate of drug-likeness (QED) is 0.699. The van der Waals surface area contributed by atoms with Crippen LogP contribution in [0.1, 0.15) is 43.1 Å². The summed E-state index contributed by atoms with van der Waals surface area (Å²) in [5.41, 5.74) is 2.75. The first kappa shape index (κ1) is 20.2. The highest BCUT2D eigenvalue weighted by atomic mass is 16.2. The van der Waals surface area contributed by atoms with Crippen molar-refractivity contribution in [2.45, 2.75) is 33.7 Å². The fraction of sp³-hybridized carbons (Fsp3) is 0.286. The molecule has 2 rings (SSSR count). The van der Waals surface area contributed by atoms with E-state index in [-0.39, 0.29) is 23.6 Å². The molecule has 3 N–H and O–H groups in total. The van der Waals surface area contributed by atoms with Gasteiger partial charge >= 0.3 is 0 Å². The van der Waals surface area contributed by atoms with Gasteiger partial charge in [0.15, 0.2) is 0 Å². The van der Waals surface area contributed by atoms with Gasteiger partial charge in [0.1, 0.15) is 0 Å². The zero-order valence-electron chi connectivity index (χ0n) is 15.8. The maximum Gasteiger partial charge on any atom is 0.251 e. The Labute approximate surface area is 159 Å². The lowest BCUT2D eigenvalue weighted by Crippen LogP contribution is -2.23. The van der Waals surface area contributed by atoms with Gasteiger partial charge in [-0.25, -0.2) is 0 Å². The number of anilines is 2. The summed E-state index contributed by atoms with van der Waals surface area (Å²) in [4.78, 5) is 35.3. The molecule has 0 aliphatic heterocycles. The third-order valence-electron chi connectivity index (χ3n) is 4.18. The molecule has 0 bridgehead atoms. The highest BCUT2D eigenvalue weighted by molar-refractivity contribution is 5.95. The second kappa shape index (κ2) is 9.52. The van der Waals surface area contributed by atoms with Crippen LogP contribution in [0.4, 0.5) is 11.4 Å². The molecule has 3 amide bonds. The maximum absolute atomic E-state index is 12.3. The van der Waals surface area contributed by atoms with Crippen molar-refractivity contribution in [2.24, 2.45) is 5.92 Å². The maximum atomic E-state index is 12.3. The standard InChI is InChI=1S/C21H25N3O3/c1-4-14(2)20(26)24-19-7-5-6-16(12-19)13-22-21(27)17-8-10-18(11-9-17)23-15(3)25/h5-12,14H,4,13H2,1-3H3,(H,22,27)(H,23,25)(H,24,26). The van der Waals surface area contributed by atoms with E-state index in [2.05, 4.69) is 16.0 Å². The van der Waals surface area contributed by atoms with Crippen LogP contribution >= 0.6 is 0 Å². The van der Waals surface area contributed by atoms with Crippen LogP contribution in [0.15, 0.2) is 48.5 Å². The van der Waals surface area contributed by atoms with Gasteiger partial charge in [0, 0.05) is 36.3 Å². The van der Waals surface area contributed by atoms with Crippen molar-refractivity contribution >= 4 is 29.1 Å². The summed E-state index contributed by atoms with van der Waals surface area (Å²) in [5.74, 6) is -0.433. The summed E-state index contributed by atoms with van der Waals surface area (Å²) in [6, 6.07) is 14.1. The third kappa shape index (κ3) is 6.26. The Balaban J connectivity index is 1.94. The Morgan fingerprint density at radius 2 is 1.67 bits per heavy atom. The first-order valence-corrected chi connectivity index (χ1v) is 8.94. The number of carbonyl (C=O) groups is 3. The van der Waals surface area contributed by atoms with Gasteiger partial charge in [0.05, 0.1) is 0 Å². The van der Waals surface area contributed by atoms with Crippen molar-refractivity contribution in [1.29, 1.82) is 0 Å². The fourth-order valence-electron chi connectivity index (χ4n) is 2.40. The molecule has 0 aliphatic rings. The van der Waals surface area contributed by atoms with E-state index >= 15 is 0 Å². The molecule has 0 radical (unpaired) electrons. The number of amides is 3. The van der Waals surface area contributed by atoms with E-state index in [1.165, 1.54) is 6.92 Å². The van der Waals surface area contributed by atoms with Crippen LogP contribution in [0.3, 0.4) is 0 Å². The second-order valence-corrected chi connectivity index (χ2v) is 6.44. The fourth-order valence-corrected chi connectivity index (χ4v) is 2.40. The van der Waals surface area contributed by atoms with Gasteiger partial charge in [-0.05, 0) is 48.4 Å². The van der Waals surface area contributed by atoms with Crippen LogP contribution in [0.25, 0.3) is 0 Å². The number of nitrogens with one attached hydrogen (secondary N) is 3. The Kier molecular flexibility index (Phi) is 7.11. The molecule has 142 valence electrons. The first-order valence-electron chi connectivity index (χ1n) is 8.94. The van der Waals surface area contributed by atoms with Crippen molar-refractivity contribution in [2.75, 3.05) is 10.6 Å². The van der Waals surface area contributed by atoms with Crippen LogP contribution in [-0.4, -0.2) is 17.7 Å². The number of rotatable bonds is 7. The molecular weight excluding hydrogens is 342 g/mol. The Morgan fingerprint density at radius 3 is 2.30 bits per heavy atom. The molecule has 1 atom stereocenters. The summed E-state index contributed by atoms with van der Waals surface area (Å²) < 4.78 is 0. The van der Waals surface area contributed by atoms with E-state index in [0.29, 0.717) is 23.5 Å². The normalized spacial score (nSPS) is 11.4. The summed E-state index contributed by atoms with van der Waals surface area (Å²) in [5, 5.41) is 8.40. The third-order valence-corrected chi connectivity index (χ3v) is 4.18. The van der Waals surface area contributed by atoms with Gasteiger partial charge in [-0.3, -0.25) is 14.4 Å². The summed E-state index contributed by atoms with van der Waals surface area (Å²) in [6.45, 7) is 5.63. The van der Waals surface area contributed by atoms with Crippen LogP contribution in [-0.2, 0) is 16.1 Å². The van der Waals surface area contributed by atoms with E-state index < -0.39 is 0 Å². The van der Waals surface area contributed by atoms with Crippen molar-refractivity contribution in [3.8, 4) is 0 Å². The van der Waals surface area contributed by atoms with E-state index in [1.807, 2.05) is 38.1 Å². The van der Waals surface area contributed by atoms with Gasteiger partial charge in [0.25, 0.3) is 5.91 Å². The molecule has 0 saturated heterocycles. The van der Waals surface area contributed by atoms with Crippen molar-refractivity contribution in [1.82, 2.24) is 5.32 Å². The lowest BCUT2D eigenvalue weighted by atomic mass is 10.1. The second-order valence-electron chi connectivity index (χ2n) is 6.44. The first-order chi connectivity index (χ1) is 12.9.